The molecular formula is C24H26N2O4. The standard InChI is InChI=1S/C24H26N2O4/c1-4-30-21-11-9-17(15(2)27)12-19(21)14-26-22(28)24(3,25-23(26)29)20-10-8-16-6-5-7-18(16)13-20/h8-13H,4-7,14H2,1-3H3,(H,25,29)/t24-/m1/s1. The van der Waals surface area contributed by atoms with E-state index >= 15 is 0 Å². The summed E-state index contributed by atoms with van der Waals surface area (Å²) in [5.74, 6) is 0.176. The molecule has 1 fully saturated rings. The normalized spacial score (nSPS) is 20.3. The molecule has 1 aliphatic heterocycles. The highest BCUT2D eigenvalue weighted by atomic mass is 16.5. The molecule has 0 saturated carbocycles. The first-order valence-corrected chi connectivity index (χ1v) is 10.4. The van der Waals surface area contributed by atoms with E-state index in [4.69, 9.17) is 4.74 Å². The zero-order valence-corrected chi connectivity index (χ0v) is 17.6. The molecule has 6 nitrogen and oxygen atoms in total. The number of aryl methyl sites for hydroxylation is 2. The molecule has 0 unspecified atom stereocenters. The zero-order valence-electron chi connectivity index (χ0n) is 17.6. The molecule has 2 aromatic carbocycles. The number of hydrogen-bond donors (Lipinski definition) is 1. The molecule has 0 radical (unpaired) electrons. The summed E-state index contributed by atoms with van der Waals surface area (Å²) in [5.41, 5.74) is 3.40. The van der Waals surface area contributed by atoms with Crippen molar-refractivity contribution in [2.45, 2.75) is 52.1 Å². The second-order valence-electron chi connectivity index (χ2n) is 8.10. The molecule has 4 rings (SSSR count). The number of ether oxygens (including phenoxy) is 1. The fourth-order valence-electron chi connectivity index (χ4n) is 4.31. The van der Waals surface area contributed by atoms with Crippen LogP contribution in [-0.2, 0) is 29.7 Å². The molecule has 2 aliphatic rings. The van der Waals surface area contributed by atoms with Gasteiger partial charge in [0.05, 0.1) is 13.2 Å². The summed E-state index contributed by atoms with van der Waals surface area (Å²) in [6.07, 6.45) is 3.18. The minimum atomic E-state index is -1.11. The number of imide groups is 1. The lowest BCUT2D eigenvalue weighted by Crippen LogP contribution is -2.41. The maximum Gasteiger partial charge on any atom is 0.325 e. The fraction of sp³-hybridized carbons (Fsp3) is 0.375. The molecule has 0 aromatic heterocycles. The third-order valence-corrected chi connectivity index (χ3v) is 6.05. The van der Waals surface area contributed by atoms with Crippen LogP contribution in [-0.4, -0.2) is 29.2 Å². The molecule has 1 atom stereocenters. The summed E-state index contributed by atoms with van der Waals surface area (Å²) in [7, 11) is 0. The molecule has 0 spiro atoms. The first-order chi connectivity index (χ1) is 14.3. The highest BCUT2D eigenvalue weighted by molar-refractivity contribution is 6.07. The Bertz CT molecular complexity index is 1050. The van der Waals surface area contributed by atoms with Crippen molar-refractivity contribution in [1.82, 2.24) is 10.2 Å². The van der Waals surface area contributed by atoms with Crippen molar-refractivity contribution in [1.29, 1.82) is 0 Å². The van der Waals surface area contributed by atoms with Crippen LogP contribution in [0, 0.1) is 0 Å². The Hall–Kier alpha value is -3.15. The van der Waals surface area contributed by atoms with Crippen LogP contribution in [0.5, 0.6) is 5.75 Å². The SMILES string of the molecule is CCOc1ccc(C(C)=O)cc1CN1C(=O)N[C@](C)(c2ccc3c(c2)CCC3)C1=O. The van der Waals surface area contributed by atoms with Crippen molar-refractivity contribution in [2.24, 2.45) is 0 Å². The number of ketones is 1. The Kier molecular flexibility index (Phi) is 5.10. The van der Waals surface area contributed by atoms with Gasteiger partial charge in [0.2, 0.25) is 0 Å². The number of carbonyl (C=O) groups excluding carboxylic acids is 3. The van der Waals surface area contributed by atoms with Crippen molar-refractivity contribution in [3.05, 3.63) is 64.2 Å². The number of hydrogen-bond acceptors (Lipinski definition) is 4. The second-order valence-corrected chi connectivity index (χ2v) is 8.10. The van der Waals surface area contributed by atoms with E-state index in [1.165, 1.54) is 23.0 Å². The molecular weight excluding hydrogens is 380 g/mol. The largest absolute Gasteiger partial charge is 0.494 e. The zero-order chi connectivity index (χ0) is 21.5. The fourth-order valence-corrected chi connectivity index (χ4v) is 4.31. The highest BCUT2D eigenvalue weighted by Gasteiger charge is 2.49. The van der Waals surface area contributed by atoms with Crippen LogP contribution in [0.25, 0.3) is 0 Å². The molecule has 1 heterocycles. The quantitative estimate of drug-likeness (QED) is 0.586. The highest BCUT2D eigenvalue weighted by Crippen LogP contribution is 2.34. The Morgan fingerprint density at radius 3 is 2.63 bits per heavy atom. The summed E-state index contributed by atoms with van der Waals surface area (Å²) in [5, 5.41) is 2.88. The number of nitrogens with one attached hydrogen (secondary N) is 1. The molecule has 1 aliphatic carbocycles. The molecule has 6 heteroatoms. The second kappa shape index (κ2) is 7.59. The van der Waals surface area contributed by atoms with Gasteiger partial charge in [0.1, 0.15) is 11.3 Å². The van der Waals surface area contributed by atoms with E-state index in [2.05, 4.69) is 11.4 Å². The van der Waals surface area contributed by atoms with Gasteiger partial charge in [-0.3, -0.25) is 14.5 Å². The van der Waals surface area contributed by atoms with Gasteiger partial charge in [0.15, 0.2) is 5.78 Å². The van der Waals surface area contributed by atoms with Gasteiger partial charge in [-0.25, -0.2) is 4.79 Å². The lowest BCUT2D eigenvalue weighted by molar-refractivity contribution is -0.131. The van der Waals surface area contributed by atoms with Crippen molar-refractivity contribution in [3.8, 4) is 5.75 Å². The van der Waals surface area contributed by atoms with E-state index in [1.807, 2.05) is 19.1 Å². The first kappa shape index (κ1) is 20.1. The molecule has 156 valence electrons. The monoisotopic (exact) mass is 406 g/mol. The van der Waals surface area contributed by atoms with Crippen molar-refractivity contribution < 1.29 is 19.1 Å². The molecule has 0 bridgehead atoms. The van der Waals surface area contributed by atoms with Crippen molar-refractivity contribution in [2.75, 3.05) is 6.61 Å². The van der Waals surface area contributed by atoms with Crippen molar-refractivity contribution in [3.63, 3.8) is 0 Å². The number of carbonyl (C=O) groups is 3. The Morgan fingerprint density at radius 2 is 1.90 bits per heavy atom. The maximum atomic E-state index is 13.4. The topological polar surface area (TPSA) is 75.7 Å². The Labute approximate surface area is 176 Å². The van der Waals surface area contributed by atoms with E-state index in [-0.39, 0.29) is 18.2 Å². The summed E-state index contributed by atoms with van der Waals surface area (Å²) in [6.45, 7) is 5.58. The number of urea groups is 1. The van der Waals surface area contributed by atoms with Gasteiger partial charge in [-0.15, -0.1) is 0 Å². The van der Waals surface area contributed by atoms with Crippen LogP contribution < -0.4 is 10.1 Å². The predicted octanol–water partition coefficient (Wildman–Crippen LogP) is 3.74. The van der Waals surface area contributed by atoms with Crippen LogP contribution >= 0.6 is 0 Å². The average molecular weight is 406 g/mol. The number of amides is 3. The lowest BCUT2D eigenvalue weighted by Gasteiger charge is -2.23. The van der Waals surface area contributed by atoms with E-state index < -0.39 is 11.6 Å². The van der Waals surface area contributed by atoms with E-state index in [1.54, 1.807) is 25.1 Å². The van der Waals surface area contributed by atoms with E-state index in [0.717, 1.165) is 24.8 Å². The summed E-state index contributed by atoms with van der Waals surface area (Å²) >= 11 is 0. The van der Waals surface area contributed by atoms with Gasteiger partial charge < -0.3 is 10.1 Å². The molecule has 1 N–H and O–H groups in total. The van der Waals surface area contributed by atoms with Crippen LogP contribution in [0.4, 0.5) is 4.79 Å². The summed E-state index contributed by atoms with van der Waals surface area (Å²) in [6, 6.07) is 10.7. The smallest absolute Gasteiger partial charge is 0.325 e. The number of fused-ring (bicyclic) bond motifs is 1. The Balaban J connectivity index is 1.65. The maximum absolute atomic E-state index is 13.4. The van der Waals surface area contributed by atoms with Crippen LogP contribution in [0.3, 0.4) is 0 Å². The summed E-state index contributed by atoms with van der Waals surface area (Å²) < 4.78 is 5.66. The summed E-state index contributed by atoms with van der Waals surface area (Å²) in [4.78, 5) is 39.2. The minimum Gasteiger partial charge on any atom is -0.494 e. The Morgan fingerprint density at radius 1 is 1.13 bits per heavy atom. The number of Topliss-reactive ketones (excluding diaryl/α,β-unsaturated/α-hetero) is 1. The van der Waals surface area contributed by atoms with Gasteiger partial charge in [0, 0.05) is 11.1 Å². The van der Waals surface area contributed by atoms with Gasteiger partial charge in [-0.1, -0.05) is 18.2 Å². The molecule has 30 heavy (non-hydrogen) atoms. The lowest BCUT2D eigenvalue weighted by atomic mass is 9.89. The number of rotatable bonds is 6. The van der Waals surface area contributed by atoms with Gasteiger partial charge in [0.25, 0.3) is 5.91 Å². The minimum absolute atomic E-state index is 0.0433. The van der Waals surface area contributed by atoms with Crippen LogP contribution in [0.2, 0.25) is 0 Å². The van der Waals surface area contributed by atoms with E-state index in [0.29, 0.717) is 23.5 Å². The van der Waals surface area contributed by atoms with Crippen LogP contribution in [0.1, 0.15) is 59.8 Å². The number of nitrogens with zero attached hydrogens (tertiary/aromatic N) is 1. The predicted molar refractivity (Wildman–Crippen MR) is 113 cm³/mol. The first-order valence-electron chi connectivity index (χ1n) is 10.4. The third kappa shape index (κ3) is 3.36. The molecule has 1 saturated heterocycles. The molecule has 2 aromatic rings. The van der Waals surface area contributed by atoms with Crippen molar-refractivity contribution >= 4 is 17.7 Å². The average Bonchev–Trinajstić information content (AvgIpc) is 3.27. The van der Waals surface area contributed by atoms with Gasteiger partial charge in [-0.05, 0) is 74.9 Å². The van der Waals surface area contributed by atoms with Gasteiger partial charge >= 0.3 is 6.03 Å². The molecule has 3 amide bonds. The third-order valence-electron chi connectivity index (χ3n) is 6.05. The van der Waals surface area contributed by atoms with Gasteiger partial charge in [-0.2, -0.15) is 0 Å². The van der Waals surface area contributed by atoms with E-state index in [9.17, 15) is 14.4 Å². The van der Waals surface area contributed by atoms with Crippen LogP contribution in [0.15, 0.2) is 36.4 Å². The number of benzene rings is 2.